The lowest BCUT2D eigenvalue weighted by Gasteiger charge is -2.16. The molecule has 0 spiro atoms. The molecule has 2 aromatic heterocycles. The van der Waals surface area contributed by atoms with Crippen LogP contribution in [-0.4, -0.2) is 15.5 Å². The second-order valence-electron chi connectivity index (χ2n) is 8.35. The third-order valence-electron chi connectivity index (χ3n) is 6.08. The van der Waals surface area contributed by atoms with Crippen molar-refractivity contribution in [2.24, 2.45) is 0 Å². The molecule has 5 aromatic rings. The Morgan fingerprint density at radius 2 is 1.69 bits per heavy atom. The molecular weight excluding hydrogens is 478 g/mol. The van der Waals surface area contributed by atoms with Crippen molar-refractivity contribution in [2.45, 2.75) is 19.9 Å². The van der Waals surface area contributed by atoms with Gasteiger partial charge in [-0.1, -0.05) is 72.3 Å². The van der Waals surface area contributed by atoms with Crippen molar-refractivity contribution in [3.05, 3.63) is 105 Å². The van der Waals surface area contributed by atoms with Gasteiger partial charge in [0.1, 0.15) is 10.9 Å². The second kappa shape index (κ2) is 9.49. The number of halogens is 1. The molecule has 0 fully saturated rings. The molecule has 0 aliphatic carbocycles. The maximum Gasteiger partial charge on any atom is 0.263 e. The van der Waals surface area contributed by atoms with Gasteiger partial charge in [-0.25, -0.2) is 4.98 Å². The first-order valence-corrected chi connectivity index (χ1v) is 12.4. The van der Waals surface area contributed by atoms with Crippen LogP contribution in [-0.2, 0) is 4.79 Å². The lowest BCUT2D eigenvalue weighted by Crippen LogP contribution is -2.31. The molecule has 1 unspecified atom stereocenters. The molecule has 2 heterocycles. The van der Waals surface area contributed by atoms with Crippen molar-refractivity contribution >= 4 is 44.7 Å². The van der Waals surface area contributed by atoms with E-state index in [1.807, 2.05) is 60.8 Å². The summed E-state index contributed by atoms with van der Waals surface area (Å²) >= 11 is 7.50. The lowest BCUT2D eigenvalue weighted by atomic mass is 10.0. The molecule has 0 radical (unpaired) electrons. The fraction of sp³-hybridized carbons (Fsp3) is 0.107. The monoisotopic (exact) mass is 499 g/mol. The van der Waals surface area contributed by atoms with Crippen LogP contribution in [0.2, 0.25) is 5.02 Å². The van der Waals surface area contributed by atoms with E-state index in [1.165, 1.54) is 22.2 Å². The molecule has 5 rings (SSSR count). The topological polar surface area (TPSA) is 64.0 Å². The number of thiophene rings is 1. The minimum atomic E-state index is -0.758. The smallest absolute Gasteiger partial charge is 0.263 e. The first-order valence-electron chi connectivity index (χ1n) is 11.1. The number of anilines is 1. The summed E-state index contributed by atoms with van der Waals surface area (Å²) in [5, 5.41) is 5.87. The molecule has 0 aliphatic rings. The van der Waals surface area contributed by atoms with Gasteiger partial charge in [0.2, 0.25) is 5.91 Å². The Morgan fingerprint density at radius 1 is 1.00 bits per heavy atom. The molecule has 0 aliphatic heterocycles. The summed E-state index contributed by atoms with van der Waals surface area (Å²) in [5.74, 6) is -0.317. The van der Waals surface area contributed by atoms with Crippen LogP contribution in [0.1, 0.15) is 18.5 Å². The van der Waals surface area contributed by atoms with Gasteiger partial charge >= 0.3 is 0 Å². The fourth-order valence-corrected chi connectivity index (χ4v) is 5.08. The van der Waals surface area contributed by atoms with Crippen molar-refractivity contribution in [1.82, 2.24) is 9.55 Å². The Balaban J connectivity index is 1.48. The van der Waals surface area contributed by atoms with Crippen LogP contribution in [0.25, 0.3) is 32.5 Å². The Hall–Kier alpha value is -3.74. The van der Waals surface area contributed by atoms with Gasteiger partial charge in [0.15, 0.2) is 0 Å². The molecule has 0 bridgehead atoms. The zero-order valence-corrected chi connectivity index (χ0v) is 20.7. The number of nitrogens with one attached hydrogen (secondary N) is 1. The van der Waals surface area contributed by atoms with E-state index in [0.29, 0.717) is 20.9 Å². The Morgan fingerprint density at radius 3 is 2.43 bits per heavy atom. The molecule has 174 valence electrons. The largest absolute Gasteiger partial charge is 0.324 e. The molecule has 1 N–H and O–H groups in total. The molecular formula is C28H22ClN3O2S. The van der Waals surface area contributed by atoms with Crippen molar-refractivity contribution < 1.29 is 4.79 Å². The first kappa shape index (κ1) is 23.0. The van der Waals surface area contributed by atoms with E-state index in [9.17, 15) is 9.59 Å². The molecule has 5 nitrogen and oxygen atoms in total. The molecule has 0 saturated carbocycles. The summed E-state index contributed by atoms with van der Waals surface area (Å²) in [6, 6.07) is 22.8. The summed E-state index contributed by atoms with van der Waals surface area (Å²) in [7, 11) is 0. The molecule has 1 atom stereocenters. The van der Waals surface area contributed by atoms with Crippen LogP contribution in [0.3, 0.4) is 0 Å². The second-order valence-corrected chi connectivity index (χ2v) is 9.65. The third kappa shape index (κ3) is 4.50. The van der Waals surface area contributed by atoms with E-state index in [-0.39, 0.29) is 11.5 Å². The van der Waals surface area contributed by atoms with Crippen LogP contribution in [0.4, 0.5) is 5.69 Å². The minimum Gasteiger partial charge on any atom is -0.324 e. The highest BCUT2D eigenvalue weighted by atomic mass is 35.5. The van der Waals surface area contributed by atoms with Gasteiger partial charge in [0.25, 0.3) is 5.56 Å². The van der Waals surface area contributed by atoms with Crippen molar-refractivity contribution in [2.75, 3.05) is 5.32 Å². The number of aryl methyl sites for hydroxylation is 1. The summed E-state index contributed by atoms with van der Waals surface area (Å²) in [6.45, 7) is 3.57. The predicted octanol–water partition coefficient (Wildman–Crippen LogP) is 6.95. The highest BCUT2D eigenvalue weighted by Gasteiger charge is 2.21. The van der Waals surface area contributed by atoms with Crippen molar-refractivity contribution in [1.29, 1.82) is 0 Å². The van der Waals surface area contributed by atoms with Gasteiger partial charge < -0.3 is 5.32 Å². The highest BCUT2D eigenvalue weighted by Crippen LogP contribution is 2.32. The highest BCUT2D eigenvalue weighted by molar-refractivity contribution is 7.17. The average molecular weight is 500 g/mol. The lowest BCUT2D eigenvalue weighted by molar-refractivity contribution is -0.118. The number of nitrogens with zero attached hydrogens (tertiary/aromatic N) is 2. The Bertz CT molecular complexity index is 1590. The zero-order valence-electron chi connectivity index (χ0n) is 19.2. The number of rotatable bonds is 5. The first-order chi connectivity index (χ1) is 16.9. The van der Waals surface area contributed by atoms with Gasteiger partial charge in [0, 0.05) is 21.7 Å². The number of aromatic nitrogens is 2. The number of benzene rings is 3. The van der Waals surface area contributed by atoms with Gasteiger partial charge in [-0.2, -0.15) is 0 Å². The Labute approximate surface area is 211 Å². The van der Waals surface area contributed by atoms with Crippen LogP contribution in [0.5, 0.6) is 0 Å². The quantitative estimate of drug-likeness (QED) is 0.284. The maximum absolute atomic E-state index is 13.5. The normalized spacial score (nSPS) is 12.0. The molecule has 35 heavy (non-hydrogen) atoms. The number of carbonyl (C=O) groups is 1. The number of amides is 1. The van der Waals surface area contributed by atoms with Gasteiger partial charge in [-0.15, -0.1) is 11.3 Å². The number of fused-ring (bicyclic) bond motifs is 1. The van der Waals surface area contributed by atoms with Crippen LogP contribution in [0, 0.1) is 6.92 Å². The van der Waals surface area contributed by atoms with E-state index in [4.69, 9.17) is 11.6 Å². The number of hydrogen-bond acceptors (Lipinski definition) is 4. The number of hydrogen-bond donors (Lipinski definition) is 1. The summed E-state index contributed by atoms with van der Waals surface area (Å²) in [5.41, 5.74) is 5.23. The summed E-state index contributed by atoms with van der Waals surface area (Å²) in [4.78, 5) is 31.6. The minimum absolute atomic E-state index is 0.246. The van der Waals surface area contributed by atoms with Crippen molar-refractivity contribution in [3.63, 3.8) is 0 Å². The molecule has 3 aromatic carbocycles. The van der Waals surface area contributed by atoms with Gasteiger partial charge in [0.05, 0.1) is 11.7 Å². The zero-order chi connectivity index (χ0) is 24.5. The molecule has 7 heteroatoms. The Kier molecular flexibility index (Phi) is 6.24. The number of carbonyl (C=O) groups excluding carboxylic acids is 1. The predicted molar refractivity (Wildman–Crippen MR) is 144 cm³/mol. The standard InChI is InChI=1S/C28H22ClN3O2S/c1-17-8-13-22(29)14-24(17)31-26(33)18(2)32-16-30-27-25(28(32)34)23(15-35-27)21-11-9-20(10-12-21)19-6-4-3-5-7-19/h3-16,18H,1-2H3,(H,31,33). The average Bonchev–Trinajstić information content (AvgIpc) is 3.32. The summed E-state index contributed by atoms with van der Waals surface area (Å²) in [6.07, 6.45) is 1.44. The third-order valence-corrected chi connectivity index (χ3v) is 7.20. The van der Waals surface area contributed by atoms with Crippen LogP contribution < -0.4 is 10.9 Å². The van der Waals surface area contributed by atoms with E-state index in [1.54, 1.807) is 19.1 Å². The van der Waals surface area contributed by atoms with Crippen LogP contribution in [0.15, 0.2) is 89.3 Å². The molecule has 0 saturated heterocycles. The SMILES string of the molecule is Cc1ccc(Cl)cc1NC(=O)C(C)n1cnc2scc(-c3ccc(-c4ccccc4)cc3)c2c1=O. The molecule has 1 amide bonds. The van der Waals surface area contributed by atoms with Crippen molar-refractivity contribution in [3.8, 4) is 22.3 Å². The van der Waals surface area contributed by atoms with E-state index in [0.717, 1.165) is 27.8 Å². The van der Waals surface area contributed by atoms with Gasteiger partial charge in [-0.05, 0) is 48.2 Å². The summed E-state index contributed by atoms with van der Waals surface area (Å²) < 4.78 is 1.38. The van der Waals surface area contributed by atoms with E-state index in [2.05, 4.69) is 22.4 Å². The van der Waals surface area contributed by atoms with E-state index >= 15 is 0 Å². The maximum atomic E-state index is 13.5. The fourth-order valence-electron chi connectivity index (χ4n) is 4.00. The van der Waals surface area contributed by atoms with E-state index < -0.39 is 6.04 Å². The van der Waals surface area contributed by atoms with Gasteiger partial charge in [-0.3, -0.25) is 14.2 Å². The van der Waals surface area contributed by atoms with Crippen LogP contribution >= 0.6 is 22.9 Å².